The van der Waals surface area contributed by atoms with Crippen LogP contribution in [0.25, 0.3) is 0 Å². The minimum Gasteiger partial charge on any atom is -0.313 e. The first-order chi connectivity index (χ1) is 5.35. The average Bonchev–Trinajstić information content (AvgIpc) is 2.81. The second-order valence-corrected chi connectivity index (χ2v) is 3.99. The van der Waals surface area contributed by atoms with Crippen molar-refractivity contribution >= 4 is 0 Å². The maximum atomic E-state index is 8.54. The van der Waals surface area contributed by atoms with Crippen LogP contribution >= 0.6 is 0 Å². The Hall–Kier alpha value is -0.550. The summed E-state index contributed by atoms with van der Waals surface area (Å²) >= 11 is 0. The normalized spacial score (nSPS) is 26.1. The molecule has 60 valence electrons. The van der Waals surface area contributed by atoms with Crippen LogP contribution in [0.1, 0.15) is 32.1 Å². The molecule has 0 heterocycles. The first kappa shape index (κ1) is 7.12. The zero-order valence-corrected chi connectivity index (χ0v) is 6.77. The molecule has 0 bridgehead atoms. The lowest BCUT2D eigenvalue weighted by atomic mass is 10.0. The molecule has 0 aromatic heterocycles. The fourth-order valence-electron chi connectivity index (χ4n) is 1.41. The fourth-order valence-corrected chi connectivity index (χ4v) is 1.41. The molecular weight excluding hydrogens is 136 g/mol. The van der Waals surface area contributed by atoms with Crippen LogP contribution in [-0.2, 0) is 0 Å². The van der Waals surface area contributed by atoms with E-state index in [2.05, 4.69) is 11.4 Å². The third-order valence-corrected chi connectivity index (χ3v) is 2.75. The Morgan fingerprint density at radius 1 is 1.45 bits per heavy atom. The summed E-state index contributed by atoms with van der Waals surface area (Å²) < 4.78 is 0. The van der Waals surface area contributed by atoms with Crippen LogP contribution in [-0.4, -0.2) is 12.6 Å². The van der Waals surface area contributed by atoms with Crippen LogP contribution in [0.15, 0.2) is 0 Å². The zero-order valence-electron chi connectivity index (χ0n) is 6.77. The van der Waals surface area contributed by atoms with Crippen LogP contribution in [0.5, 0.6) is 0 Å². The summed E-state index contributed by atoms with van der Waals surface area (Å²) in [6.07, 6.45) is 5.98. The molecule has 0 atom stereocenters. The maximum Gasteiger partial charge on any atom is 0.0628 e. The second kappa shape index (κ2) is 2.49. The number of hydrogen-bond acceptors (Lipinski definition) is 2. The van der Waals surface area contributed by atoms with Crippen molar-refractivity contribution in [3.05, 3.63) is 0 Å². The van der Waals surface area contributed by atoms with Gasteiger partial charge in [-0.25, -0.2) is 0 Å². The summed E-state index contributed by atoms with van der Waals surface area (Å²) in [6.45, 7) is 1.09. The predicted octanol–water partition coefficient (Wildman–Crippen LogP) is 1.43. The number of nitrogens with one attached hydrogen (secondary N) is 1. The van der Waals surface area contributed by atoms with Gasteiger partial charge in [0.15, 0.2) is 0 Å². The highest BCUT2D eigenvalue weighted by Gasteiger charge is 2.42. The van der Waals surface area contributed by atoms with E-state index in [1.54, 1.807) is 0 Å². The standard InChI is InChI=1S/C9H14N2/c10-6-5-9(3-4-9)7-11-8-1-2-8/h8,11H,1-5,7H2. The van der Waals surface area contributed by atoms with Gasteiger partial charge in [0, 0.05) is 19.0 Å². The van der Waals surface area contributed by atoms with Crippen LogP contribution in [0.3, 0.4) is 0 Å². The van der Waals surface area contributed by atoms with E-state index in [4.69, 9.17) is 5.26 Å². The van der Waals surface area contributed by atoms with Crippen LogP contribution in [0, 0.1) is 16.7 Å². The number of rotatable bonds is 4. The van der Waals surface area contributed by atoms with Gasteiger partial charge in [-0.1, -0.05) is 0 Å². The molecule has 0 spiro atoms. The van der Waals surface area contributed by atoms with Crippen molar-refractivity contribution in [1.82, 2.24) is 5.32 Å². The van der Waals surface area contributed by atoms with Gasteiger partial charge >= 0.3 is 0 Å². The van der Waals surface area contributed by atoms with Gasteiger partial charge in [0.25, 0.3) is 0 Å². The van der Waals surface area contributed by atoms with Crippen molar-refractivity contribution in [2.75, 3.05) is 6.54 Å². The molecule has 2 fully saturated rings. The molecule has 2 rings (SSSR count). The largest absolute Gasteiger partial charge is 0.313 e. The molecule has 11 heavy (non-hydrogen) atoms. The lowest BCUT2D eigenvalue weighted by Gasteiger charge is -2.10. The summed E-state index contributed by atoms with van der Waals surface area (Å²) in [4.78, 5) is 0. The summed E-state index contributed by atoms with van der Waals surface area (Å²) in [7, 11) is 0. The molecule has 0 amide bonds. The molecule has 2 nitrogen and oxygen atoms in total. The van der Waals surface area contributed by atoms with Gasteiger partial charge in [0.2, 0.25) is 0 Å². The molecule has 0 saturated heterocycles. The molecule has 0 aromatic carbocycles. The summed E-state index contributed by atoms with van der Waals surface area (Å²) in [5, 5.41) is 12.0. The summed E-state index contributed by atoms with van der Waals surface area (Å²) in [6, 6.07) is 3.07. The Kier molecular flexibility index (Phi) is 1.61. The van der Waals surface area contributed by atoms with Gasteiger partial charge < -0.3 is 5.32 Å². The fraction of sp³-hybridized carbons (Fsp3) is 0.889. The Labute approximate surface area is 67.6 Å². The summed E-state index contributed by atoms with van der Waals surface area (Å²) in [5.74, 6) is 0. The second-order valence-electron chi connectivity index (χ2n) is 3.99. The van der Waals surface area contributed by atoms with Gasteiger partial charge in [0.1, 0.15) is 0 Å². The van der Waals surface area contributed by atoms with E-state index in [1.165, 1.54) is 25.7 Å². The molecule has 2 heteroatoms. The Morgan fingerprint density at radius 2 is 2.18 bits per heavy atom. The van der Waals surface area contributed by atoms with Gasteiger partial charge in [-0.05, 0) is 31.1 Å². The smallest absolute Gasteiger partial charge is 0.0628 e. The monoisotopic (exact) mass is 150 g/mol. The third-order valence-electron chi connectivity index (χ3n) is 2.75. The van der Waals surface area contributed by atoms with E-state index in [1.807, 2.05) is 0 Å². The van der Waals surface area contributed by atoms with E-state index in [0.29, 0.717) is 5.41 Å². The van der Waals surface area contributed by atoms with Crippen LogP contribution in [0.2, 0.25) is 0 Å². The molecule has 0 aliphatic heterocycles. The number of nitriles is 1. The number of nitrogens with zero attached hydrogens (tertiary/aromatic N) is 1. The highest BCUT2D eigenvalue weighted by Crippen LogP contribution is 2.48. The molecule has 2 aliphatic rings. The molecule has 0 unspecified atom stereocenters. The van der Waals surface area contributed by atoms with Gasteiger partial charge in [-0.3, -0.25) is 0 Å². The molecule has 2 aliphatic carbocycles. The minimum absolute atomic E-state index is 0.400. The predicted molar refractivity (Wildman–Crippen MR) is 42.9 cm³/mol. The Balaban J connectivity index is 1.71. The van der Waals surface area contributed by atoms with Gasteiger partial charge in [-0.2, -0.15) is 5.26 Å². The highest BCUT2D eigenvalue weighted by molar-refractivity contribution is 5.01. The number of hydrogen-bond donors (Lipinski definition) is 1. The van der Waals surface area contributed by atoms with E-state index in [0.717, 1.165) is 19.0 Å². The quantitative estimate of drug-likeness (QED) is 0.658. The Morgan fingerprint density at radius 3 is 2.64 bits per heavy atom. The van der Waals surface area contributed by atoms with Crippen molar-refractivity contribution in [3.63, 3.8) is 0 Å². The molecular formula is C9H14N2. The summed E-state index contributed by atoms with van der Waals surface area (Å²) in [5.41, 5.74) is 0.400. The van der Waals surface area contributed by atoms with Crippen LogP contribution in [0.4, 0.5) is 0 Å². The first-order valence-electron chi connectivity index (χ1n) is 4.45. The topological polar surface area (TPSA) is 35.8 Å². The zero-order chi connectivity index (χ0) is 7.73. The van der Waals surface area contributed by atoms with Crippen molar-refractivity contribution in [2.24, 2.45) is 5.41 Å². The SMILES string of the molecule is N#CCC1(CNC2CC2)CC1. The lowest BCUT2D eigenvalue weighted by molar-refractivity contribution is 0.465. The average molecular weight is 150 g/mol. The Bertz CT molecular complexity index is 184. The minimum atomic E-state index is 0.400. The van der Waals surface area contributed by atoms with E-state index in [9.17, 15) is 0 Å². The van der Waals surface area contributed by atoms with Crippen molar-refractivity contribution in [1.29, 1.82) is 5.26 Å². The van der Waals surface area contributed by atoms with E-state index >= 15 is 0 Å². The van der Waals surface area contributed by atoms with Gasteiger partial charge in [-0.15, -0.1) is 0 Å². The molecule has 2 saturated carbocycles. The van der Waals surface area contributed by atoms with Crippen molar-refractivity contribution in [2.45, 2.75) is 38.1 Å². The van der Waals surface area contributed by atoms with Crippen LogP contribution < -0.4 is 5.32 Å². The van der Waals surface area contributed by atoms with Gasteiger partial charge in [0.05, 0.1) is 6.07 Å². The van der Waals surface area contributed by atoms with Crippen molar-refractivity contribution in [3.8, 4) is 6.07 Å². The molecule has 0 radical (unpaired) electrons. The highest BCUT2D eigenvalue weighted by atomic mass is 15.0. The third kappa shape index (κ3) is 1.72. The van der Waals surface area contributed by atoms with Crippen molar-refractivity contribution < 1.29 is 0 Å². The molecule has 0 aromatic rings. The first-order valence-corrected chi connectivity index (χ1v) is 4.45. The van der Waals surface area contributed by atoms with E-state index < -0.39 is 0 Å². The van der Waals surface area contributed by atoms with E-state index in [-0.39, 0.29) is 0 Å². The lowest BCUT2D eigenvalue weighted by Crippen LogP contribution is -2.25. The maximum absolute atomic E-state index is 8.54. The molecule has 1 N–H and O–H groups in total.